The molecular formula is C24H42O3. The van der Waals surface area contributed by atoms with Gasteiger partial charge in [0.15, 0.2) is 0 Å². The maximum absolute atomic E-state index is 5.33. The molecule has 0 radical (unpaired) electrons. The van der Waals surface area contributed by atoms with Crippen LogP contribution in [-0.2, 0) is 14.2 Å². The highest BCUT2D eigenvalue weighted by Crippen LogP contribution is 2.50. The molecular weight excluding hydrogens is 336 g/mol. The molecule has 1 aliphatic rings. The SMILES string of the molecule is C=COCCCCC1CCCCC1(CCCCOC=C)CCCCOC=C. The molecule has 0 bridgehead atoms. The van der Waals surface area contributed by atoms with E-state index in [0.29, 0.717) is 5.41 Å². The second kappa shape index (κ2) is 15.7. The Balaban J connectivity index is 2.57. The lowest BCUT2D eigenvalue weighted by molar-refractivity contribution is 0.0525. The quantitative estimate of drug-likeness (QED) is 0.187. The van der Waals surface area contributed by atoms with E-state index in [4.69, 9.17) is 14.2 Å². The highest BCUT2D eigenvalue weighted by atomic mass is 16.5. The van der Waals surface area contributed by atoms with E-state index in [1.54, 1.807) is 18.8 Å². The number of ether oxygens (including phenoxy) is 3. The first-order valence-corrected chi connectivity index (χ1v) is 11.0. The number of rotatable bonds is 18. The topological polar surface area (TPSA) is 27.7 Å². The molecule has 0 saturated heterocycles. The van der Waals surface area contributed by atoms with Gasteiger partial charge in [-0.25, -0.2) is 0 Å². The lowest BCUT2D eigenvalue weighted by Crippen LogP contribution is -2.34. The van der Waals surface area contributed by atoms with Crippen molar-refractivity contribution in [2.24, 2.45) is 11.3 Å². The van der Waals surface area contributed by atoms with Crippen molar-refractivity contribution in [1.82, 2.24) is 0 Å². The number of hydrogen-bond acceptors (Lipinski definition) is 3. The molecule has 0 aromatic carbocycles. The zero-order valence-corrected chi connectivity index (χ0v) is 17.5. The molecule has 0 amide bonds. The fourth-order valence-electron chi connectivity index (χ4n) is 4.76. The highest BCUT2D eigenvalue weighted by Gasteiger charge is 2.38. The molecule has 1 fully saturated rings. The molecule has 0 aromatic rings. The first-order valence-electron chi connectivity index (χ1n) is 11.0. The van der Waals surface area contributed by atoms with Gasteiger partial charge in [0.25, 0.3) is 0 Å². The molecule has 0 aromatic heterocycles. The van der Waals surface area contributed by atoms with E-state index in [1.807, 2.05) is 0 Å². The van der Waals surface area contributed by atoms with E-state index in [0.717, 1.165) is 45.0 Å². The normalized spacial score (nSPS) is 18.4. The predicted molar refractivity (Wildman–Crippen MR) is 114 cm³/mol. The van der Waals surface area contributed by atoms with Gasteiger partial charge < -0.3 is 14.2 Å². The van der Waals surface area contributed by atoms with Gasteiger partial charge in [0, 0.05) is 0 Å². The fraction of sp³-hybridized carbons (Fsp3) is 0.750. The minimum atomic E-state index is 0.514. The smallest absolute Gasteiger partial charge is 0.0873 e. The Kier molecular flexibility index (Phi) is 13.7. The van der Waals surface area contributed by atoms with Crippen LogP contribution >= 0.6 is 0 Å². The third-order valence-electron chi connectivity index (χ3n) is 6.14. The molecule has 0 aliphatic heterocycles. The molecule has 156 valence electrons. The van der Waals surface area contributed by atoms with Crippen LogP contribution in [0.5, 0.6) is 0 Å². The summed E-state index contributed by atoms with van der Waals surface area (Å²) in [5.74, 6) is 0.857. The van der Waals surface area contributed by atoms with Crippen LogP contribution in [0.1, 0.15) is 83.5 Å². The first kappa shape index (κ1) is 23.7. The summed E-state index contributed by atoms with van der Waals surface area (Å²) < 4.78 is 16.0. The summed E-state index contributed by atoms with van der Waals surface area (Å²) in [5.41, 5.74) is 0.514. The van der Waals surface area contributed by atoms with E-state index in [-0.39, 0.29) is 0 Å². The van der Waals surface area contributed by atoms with Gasteiger partial charge >= 0.3 is 0 Å². The summed E-state index contributed by atoms with van der Waals surface area (Å²) in [7, 11) is 0. The summed E-state index contributed by atoms with van der Waals surface area (Å²) >= 11 is 0. The standard InChI is InChI=1S/C24H42O3/c1-4-25-20-12-8-16-23-15-7-9-17-24(23,18-10-13-21-26-5-2)19-11-14-22-27-6-3/h4-6,23H,1-3,7-22H2. The largest absolute Gasteiger partial charge is 0.502 e. The van der Waals surface area contributed by atoms with E-state index in [2.05, 4.69) is 19.7 Å². The lowest BCUT2D eigenvalue weighted by atomic mass is 9.60. The summed E-state index contributed by atoms with van der Waals surface area (Å²) in [5, 5.41) is 0. The van der Waals surface area contributed by atoms with Crippen molar-refractivity contribution in [2.45, 2.75) is 83.5 Å². The molecule has 1 atom stereocenters. The van der Waals surface area contributed by atoms with Crippen molar-refractivity contribution in [3.63, 3.8) is 0 Å². The zero-order valence-electron chi connectivity index (χ0n) is 17.5. The summed E-state index contributed by atoms with van der Waals surface area (Å²) in [4.78, 5) is 0. The third kappa shape index (κ3) is 9.93. The minimum Gasteiger partial charge on any atom is -0.502 e. The minimum absolute atomic E-state index is 0.514. The first-order chi connectivity index (χ1) is 13.3. The molecule has 1 aliphatic carbocycles. The Labute approximate surface area is 167 Å². The predicted octanol–water partition coefficient (Wildman–Crippen LogP) is 7.15. The zero-order chi connectivity index (χ0) is 19.6. The molecule has 1 saturated carbocycles. The third-order valence-corrected chi connectivity index (χ3v) is 6.14. The van der Waals surface area contributed by atoms with E-state index < -0.39 is 0 Å². The number of hydrogen-bond donors (Lipinski definition) is 0. The summed E-state index contributed by atoms with van der Waals surface area (Å²) in [6.07, 6.45) is 21.5. The van der Waals surface area contributed by atoms with Crippen LogP contribution in [0.2, 0.25) is 0 Å². The molecule has 0 heterocycles. The van der Waals surface area contributed by atoms with Gasteiger partial charge in [-0.15, -0.1) is 0 Å². The maximum atomic E-state index is 5.33. The van der Waals surface area contributed by atoms with Gasteiger partial charge in [0.1, 0.15) is 0 Å². The van der Waals surface area contributed by atoms with Gasteiger partial charge in [0.2, 0.25) is 0 Å². The fourth-order valence-corrected chi connectivity index (χ4v) is 4.76. The molecule has 3 heteroatoms. The van der Waals surface area contributed by atoms with E-state index >= 15 is 0 Å². The molecule has 1 unspecified atom stereocenters. The second-order valence-electron chi connectivity index (χ2n) is 7.83. The molecule has 3 nitrogen and oxygen atoms in total. The Hall–Kier alpha value is -1.38. The lowest BCUT2D eigenvalue weighted by Gasteiger charge is -2.45. The maximum Gasteiger partial charge on any atom is 0.0873 e. The van der Waals surface area contributed by atoms with Crippen LogP contribution in [0.15, 0.2) is 38.5 Å². The van der Waals surface area contributed by atoms with E-state index in [1.165, 1.54) is 64.2 Å². The van der Waals surface area contributed by atoms with Crippen LogP contribution in [0, 0.1) is 11.3 Å². The molecule has 27 heavy (non-hydrogen) atoms. The van der Waals surface area contributed by atoms with Crippen molar-refractivity contribution < 1.29 is 14.2 Å². The Morgan fingerprint density at radius 3 is 1.74 bits per heavy atom. The molecule has 1 rings (SSSR count). The summed E-state index contributed by atoms with van der Waals surface area (Å²) in [6.45, 7) is 13.3. The van der Waals surface area contributed by atoms with E-state index in [9.17, 15) is 0 Å². The average Bonchev–Trinajstić information content (AvgIpc) is 2.69. The van der Waals surface area contributed by atoms with Gasteiger partial charge in [-0.1, -0.05) is 32.6 Å². The summed E-state index contributed by atoms with van der Waals surface area (Å²) in [6, 6.07) is 0. The van der Waals surface area contributed by atoms with Crippen LogP contribution in [0.25, 0.3) is 0 Å². The Morgan fingerprint density at radius 1 is 0.704 bits per heavy atom. The van der Waals surface area contributed by atoms with Crippen LogP contribution in [0.3, 0.4) is 0 Å². The van der Waals surface area contributed by atoms with Crippen molar-refractivity contribution in [2.75, 3.05) is 19.8 Å². The van der Waals surface area contributed by atoms with Crippen LogP contribution in [0.4, 0.5) is 0 Å². The monoisotopic (exact) mass is 378 g/mol. The molecule has 0 N–H and O–H groups in total. The number of unbranched alkanes of at least 4 members (excludes halogenated alkanes) is 3. The Morgan fingerprint density at radius 2 is 1.22 bits per heavy atom. The second-order valence-corrected chi connectivity index (χ2v) is 7.83. The van der Waals surface area contributed by atoms with Gasteiger partial charge in [-0.2, -0.15) is 0 Å². The van der Waals surface area contributed by atoms with Crippen molar-refractivity contribution in [3.8, 4) is 0 Å². The average molecular weight is 379 g/mol. The van der Waals surface area contributed by atoms with Gasteiger partial charge in [-0.3, -0.25) is 0 Å². The Bertz CT molecular complexity index is 373. The van der Waals surface area contributed by atoms with Gasteiger partial charge in [-0.05, 0) is 82.0 Å². The van der Waals surface area contributed by atoms with Crippen LogP contribution < -0.4 is 0 Å². The van der Waals surface area contributed by atoms with Crippen LogP contribution in [-0.4, -0.2) is 19.8 Å². The highest BCUT2D eigenvalue weighted by molar-refractivity contribution is 4.90. The van der Waals surface area contributed by atoms with Crippen molar-refractivity contribution in [1.29, 1.82) is 0 Å². The molecule has 0 spiro atoms. The van der Waals surface area contributed by atoms with Crippen molar-refractivity contribution in [3.05, 3.63) is 38.5 Å². The van der Waals surface area contributed by atoms with Crippen molar-refractivity contribution >= 4 is 0 Å². The van der Waals surface area contributed by atoms with Gasteiger partial charge in [0.05, 0.1) is 38.6 Å².